The van der Waals surface area contributed by atoms with Crippen LogP contribution in [0.4, 0.5) is 0 Å². The molecule has 186 valence electrons. The smallest absolute Gasteiger partial charge is 0.0125 e. The molecule has 0 bridgehead atoms. The molecular formula is C33H54. The highest BCUT2D eigenvalue weighted by molar-refractivity contribution is 5.27. The number of aryl methyl sites for hydroxylation is 1. The van der Waals surface area contributed by atoms with E-state index < -0.39 is 0 Å². The lowest BCUT2D eigenvalue weighted by Crippen LogP contribution is -2.25. The van der Waals surface area contributed by atoms with Crippen LogP contribution in [-0.2, 0) is 6.42 Å². The topological polar surface area (TPSA) is 0 Å². The van der Waals surface area contributed by atoms with Crippen molar-refractivity contribution >= 4 is 0 Å². The quantitative estimate of drug-likeness (QED) is 0.184. The first-order chi connectivity index (χ1) is 16.2. The maximum atomic E-state index is 2.59. The molecule has 0 spiro atoms. The van der Waals surface area contributed by atoms with Crippen LogP contribution in [0.1, 0.15) is 159 Å². The molecule has 0 saturated heterocycles. The van der Waals surface area contributed by atoms with Crippen LogP contribution < -0.4 is 0 Å². The van der Waals surface area contributed by atoms with Gasteiger partial charge in [-0.2, -0.15) is 0 Å². The highest BCUT2D eigenvalue weighted by Crippen LogP contribution is 2.47. The summed E-state index contributed by atoms with van der Waals surface area (Å²) in [5.41, 5.74) is 5.59. The zero-order valence-corrected chi connectivity index (χ0v) is 22.3. The van der Waals surface area contributed by atoms with E-state index in [1.165, 1.54) is 135 Å². The van der Waals surface area contributed by atoms with E-state index in [1.807, 2.05) is 0 Å². The summed E-state index contributed by atoms with van der Waals surface area (Å²) in [4.78, 5) is 0. The van der Waals surface area contributed by atoms with Crippen molar-refractivity contribution in [2.24, 2.45) is 5.41 Å². The minimum Gasteiger partial charge on any atom is -0.0853 e. The second kappa shape index (κ2) is 15.1. The van der Waals surface area contributed by atoms with Crippen LogP contribution in [0.5, 0.6) is 0 Å². The van der Waals surface area contributed by atoms with Gasteiger partial charge in [0.25, 0.3) is 0 Å². The molecule has 1 unspecified atom stereocenters. The molecule has 0 aromatic heterocycles. The minimum atomic E-state index is 0.658. The van der Waals surface area contributed by atoms with Gasteiger partial charge in [-0.25, -0.2) is 0 Å². The van der Waals surface area contributed by atoms with Crippen molar-refractivity contribution in [3.05, 3.63) is 47.0 Å². The summed E-state index contributed by atoms with van der Waals surface area (Å²) in [6, 6.07) is 9.91. The van der Waals surface area contributed by atoms with Gasteiger partial charge in [0.15, 0.2) is 0 Å². The molecule has 0 aliphatic heterocycles. The Hall–Kier alpha value is -1.04. The molecule has 0 radical (unpaired) electrons. The van der Waals surface area contributed by atoms with Gasteiger partial charge in [-0.1, -0.05) is 108 Å². The van der Waals surface area contributed by atoms with E-state index in [4.69, 9.17) is 0 Å². The Morgan fingerprint density at radius 2 is 1.52 bits per heavy atom. The van der Waals surface area contributed by atoms with E-state index >= 15 is 0 Å². The van der Waals surface area contributed by atoms with E-state index in [0.717, 1.165) is 5.92 Å². The Labute approximate surface area is 207 Å². The summed E-state index contributed by atoms with van der Waals surface area (Å²) in [5, 5.41) is 0. The molecule has 33 heavy (non-hydrogen) atoms. The van der Waals surface area contributed by atoms with E-state index in [0.29, 0.717) is 5.41 Å². The molecule has 2 aliphatic carbocycles. The molecule has 0 nitrogen and oxygen atoms in total. The standard InChI is InChI=1S/C33H54/c1-3-5-7-13-24-33(25-14-9-15-26-33)27-23-32(28-30-17-11-8-12-18-30)31-21-19-29(20-22-31)16-10-6-4-2/h17,19-22,32H,3-16,18,23-28H2,1-2H3. The number of unbranched alkanes of at least 4 members (excludes halogenated alkanes) is 5. The van der Waals surface area contributed by atoms with Gasteiger partial charge in [0.05, 0.1) is 0 Å². The van der Waals surface area contributed by atoms with Crippen molar-refractivity contribution in [3.8, 4) is 0 Å². The van der Waals surface area contributed by atoms with Gasteiger partial charge in [-0.15, -0.1) is 0 Å². The predicted octanol–water partition coefficient (Wildman–Crippen LogP) is 11.1. The number of hydrogen-bond donors (Lipinski definition) is 0. The number of rotatable bonds is 15. The predicted molar refractivity (Wildman–Crippen MR) is 147 cm³/mol. The highest BCUT2D eigenvalue weighted by Gasteiger charge is 2.32. The molecule has 0 heteroatoms. The van der Waals surface area contributed by atoms with Gasteiger partial charge >= 0.3 is 0 Å². The third-order valence-electron chi connectivity index (χ3n) is 8.91. The summed E-state index contributed by atoms with van der Waals surface area (Å²) >= 11 is 0. The van der Waals surface area contributed by atoms with Crippen LogP contribution in [0.2, 0.25) is 0 Å². The summed E-state index contributed by atoms with van der Waals surface area (Å²) in [6.45, 7) is 4.65. The van der Waals surface area contributed by atoms with Crippen LogP contribution in [0.25, 0.3) is 0 Å². The first kappa shape index (κ1) is 26.6. The van der Waals surface area contributed by atoms with E-state index in [1.54, 1.807) is 16.7 Å². The minimum absolute atomic E-state index is 0.658. The lowest BCUT2D eigenvalue weighted by atomic mass is 9.66. The molecule has 0 N–H and O–H groups in total. The monoisotopic (exact) mass is 450 g/mol. The van der Waals surface area contributed by atoms with Crippen LogP contribution in [0.15, 0.2) is 35.9 Å². The second-order valence-corrected chi connectivity index (χ2v) is 11.6. The molecule has 3 rings (SSSR count). The van der Waals surface area contributed by atoms with E-state index in [2.05, 4.69) is 44.2 Å². The Morgan fingerprint density at radius 3 is 2.21 bits per heavy atom. The number of allylic oxidation sites excluding steroid dienone is 2. The molecule has 1 saturated carbocycles. The average molecular weight is 451 g/mol. The second-order valence-electron chi connectivity index (χ2n) is 11.6. The summed E-state index contributed by atoms with van der Waals surface area (Å²) in [5.74, 6) is 0.730. The molecule has 0 heterocycles. The first-order valence-electron chi connectivity index (χ1n) is 15.0. The van der Waals surface area contributed by atoms with E-state index in [9.17, 15) is 0 Å². The maximum absolute atomic E-state index is 2.59. The molecule has 1 aromatic rings. The molecule has 1 aromatic carbocycles. The van der Waals surface area contributed by atoms with Crippen LogP contribution in [0, 0.1) is 5.41 Å². The van der Waals surface area contributed by atoms with Crippen LogP contribution in [0.3, 0.4) is 0 Å². The van der Waals surface area contributed by atoms with Crippen LogP contribution in [-0.4, -0.2) is 0 Å². The SMILES string of the molecule is CCCCCCC1(CCC(CC2=CCCCC2)c2ccc(CCCCC)cc2)CCCCC1. The third kappa shape index (κ3) is 9.26. The molecule has 0 amide bonds. The lowest BCUT2D eigenvalue weighted by molar-refractivity contribution is 0.144. The largest absolute Gasteiger partial charge is 0.0853 e. The van der Waals surface area contributed by atoms with Crippen molar-refractivity contribution in [2.75, 3.05) is 0 Å². The van der Waals surface area contributed by atoms with Crippen molar-refractivity contribution in [3.63, 3.8) is 0 Å². The fourth-order valence-electron chi connectivity index (χ4n) is 6.66. The molecule has 2 aliphatic rings. The van der Waals surface area contributed by atoms with Gasteiger partial charge in [0, 0.05) is 0 Å². The van der Waals surface area contributed by atoms with Gasteiger partial charge in [-0.3, -0.25) is 0 Å². The van der Waals surface area contributed by atoms with Gasteiger partial charge < -0.3 is 0 Å². The number of hydrogen-bond acceptors (Lipinski definition) is 0. The Kier molecular flexibility index (Phi) is 12.1. The maximum Gasteiger partial charge on any atom is -0.0125 e. The fourth-order valence-corrected chi connectivity index (χ4v) is 6.66. The molecule has 1 fully saturated rings. The van der Waals surface area contributed by atoms with Gasteiger partial charge in [0.2, 0.25) is 0 Å². The zero-order valence-electron chi connectivity index (χ0n) is 22.3. The van der Waals surface area contributed by atoms with E-state index in [-0.39, 0.29) is 0 Å². The van der Waals surface area contributed by atoms with Crippen molar-refractivity contribution in [2.45, 2.75) is 155 Å². The van der Waals surface area contributed by atoms with Gasteiger partial charge in [-0.05, 0) is 99.5 Å². The number of benzene rings is 1. The third-order valence-corrected chi connectivity index (χ3v) is 8.91. The molecular weight excluding hydrogens is 396 g/mol. The molecule has 1 atom stereocenters. The average Bonchev–Trinajstić information content (AvgIpc) is 2.86. The van der Waals surface area contributed by atoms with Gasteiger partial charge in [0.1, 0.15) is 0 Å². The lowest BCUT2D eigenvalue weighted by Gasteiger charge is -2.39. The Balaban J connectivity index is 1.66. The summed E-state index contributed by atoms with van der Waals surface area (Å²) in [7, 11) is 0. The van der Waals surface area contributed by atoms with Crippen LogP contribution >= 0.6 is 0 Å². The summed E-state index contributed by atoms with van der Waals surface area (Å²) in [6.07, 6.45) is 32.2. The first-order valence-corrected chi connectivity index (χ1v) is 15.0. The summed E-state index contributed by atoms with van der Waals surface area (Å²) < 4.78 is 0. The van der Waals surface area contributed by atoms with Crippen molar-refractivity contribution in [1.82, 2.24) is 0 Å². The van der Waals surface area contributed by atoms with Crippen molar-refractivity contribution < 1.29 is 0 Å². The Bertz CT molecular complexity index is 658. The normalized spacial score (nSPS) is 19.3. The fraction of sp³-hybridized carbons (Fsp3) is 0.758. The highest BCUT2D eigenvalue weighted by atomic mass is 14.4. The zero-order chi connectivity index (χ0) is 23.2. The Morgan fingerprint density at radius 1 is 0.758 bits per heavy atom. The van der Waals surface area contributed by atoms with Crippen molar-refractivity contribution in [1.29, 1.82) is 0 Å².